The largest absolute Gasteiger partial charge is 0.484 e. The number of amides is 1. The van der Waals surface area contributed by atoms with Gasteiger partial charge in [0.15, 0.2) is 6.61 Å². The Hall–Kier alpha value is -0.970. The first-order valence-electron chi connectivity index (χ1n) is 5.38. The summed E-state index contributed by atoms with van der Waals surface area (Å²) in [7, 11) is 1.71. The summed E-state index contributed by atoms with van der Waals surface area (Å²) in [6.45, 7) is 2.33. The first kappa shape index (κ1) is 17.0. The third-order valence-electron chi connectivity index (χ3n) is 2.57. The van der Waals surface area contributed by atoms with Crippen molar-refractivity contribution in [3.05, 3.63) is 29.3 Å². The minimum atomic E-state index is -0.0992. The van der Waals surface area contributed by atoms with Gasteiger partial charge in [-0.15, -0.1) is 12.4 Å². The Morgan fingerprint density at radius 3 is 2.50 bits per heavy atom. The average molecular weight is 293 g/mol. The highest BCUT2D eigenvalue weighted by Crippen LogP contribution is 2.15. The lowest BCUT2D eigenvalue weighted by molar-refractivity contribution is -0.133. The normalized spacial score (nSPS) is 11.3. The predicted molar refractivity (Wildman–Crippen MR) is 75.5 cm³/mol. The summed E-state index contributed by atoms with van der Waals surface area (Å²) < 4.78 is 5.35. The van der Waals surface area contributed by atoms with Gasteiger partial charge in [-0.05, 0) is 31.2 Å². The molecule has 1 atom stereocenters. The summed E-state index contributed by atoms with van der Waals surface area (Å²) in [5.74, 6) is 0.523. The molecule has 1 aromatic rings. The van der Waals surface area contributed by atoms with E-state index < -0.39 is 0 Å². The van der Waals surface area contributed by atoms with Crippen LogP contribution in [-0.2, 0) is 4.79 Å². The van der Waals surface area contributed by atoms with Crippen molar-refractivity contribution in [1.29, 1.82) is 0 Å². The second-order valence-corrected chi connectivity index (χ2v) is 4.27. The highest BCUT2D eigenvalue weighted by atomic mass is 35.5. The lowest BCUT2D eigenvalue weighted by Gasteiger charge is -2.23. The molecule has 0 fully saturated rings. The van der Waals surface area contributed by atoms with Crippen molar-refractivity contribution in [2.75, 3.05) is 20.2 Å². The Labute approximate surface area is 118 Å². The third-order valence-corrected chi connectivity index (χ3v) is 2.82. The smallest absolute Gasteiger partial charge is 0.260 e. The molecule has 0 saturated heterocycles. The fourth-order valence-corrected chi connectivity index (χ4v) is 1.31. The number of carbonyl (C=O) groups is 1. The number of rotatable bonds is 5. The summed E-state index contributed by atoms with van der Waals surface area (Å²) in [5, 5.41) is 0.637. The molecule has 1 unspecified atom stereocenters. The molecule has 18 heavy (non-hydrogen) atoms. The van der Waals surface area contributed by atoms with Crippen molar-refractivity contribution in [2.45, 2.75) is 13.0 Å². The molecule has 1 aromatic carbocycles. The minimum Gasteiger partial charge on any atom is -0.484 e. The quantitative estimate of drug-likeness (QED) is 0.902. The number of hydrogen-bond donors (Lipinski definition) is 1. The van der Waals surface area contributed by atoms with Gasteiger partial charge in [0.1, 0.15) is 5.75 Å². The van der Waals surface area contributed by atoms with Gasteiger partial charge in [0.2, 0.25) is 0 Å². The lowest BCUT2D eigenvalue weighted by Crippen LogP contribution is -2.42. The number of hydrogen-bond acceptors (Lipinski definition) is 3. The number of likely N-dealkylation sites (N-methyl/N-ethyl adjacent to an activating group) is 1. The van der Waals surface area contributed by atoms with E-state index in [1.165, 1.54) is 0 Å². The molecule has 0 radical (unpaired) electrons. The molecule has 0 saturated carbocycles. The predicted octanol–water partition coefficient (Wildman–Crippen LogP) is 1.95. The summed E-state index contributed by atoms with van der Waals surface area (Å²) in [4.78, 5) is 13.3. The molecule has 1 rings (SSSR count). The monoisotopic (exact) mass is 292 g/mol. The second kappa shape index (κ2) is 8.19. The van der Waals surface area contributed by atoms with E-state index in [1.54, 1.807) is 36.2 Å². The van der Waals surface area contributed by atoms with Gasteiger partial charge >= 0.3 is 0 Å². The van der Waals surface area contributed by atoms with Crippen molar-refractivity contribution in [3.63, 3.8) is 0 Å². The first-order valence-corrected chi connectivity index (χ1v) is 5.76. The highest BCUT2D eigenvalue weighted by molar-refractivity contribution is 6.30. The van der Waals surface area contributed by atoms with Gasteiger partial charge in [-0.2, -0.15) is 0 Å². The van der Waals surface area contributed by atoms with Crippen molar-refractivity contribution < 1.29 is 9.53 Å². The summed E-state index contributed by atoms with van der Waals surface area (Å²) in [6, 6.07) is 6.89. The van der Waals surface area contributed by atoms with Crippen molar-refractivity contribution >= 4 is 29.9 Å². The van der Waals surface area contributed by atoms with Crippen LogP contribution in [0.1, 0.15) is 6.92 Å². The zero-order valence-electron chi connectivity index (χ0n) is 10.4. The number of ether oxygens (including phenoxy) is 1. The lowest BCUT2D eigenvalue weighted by atomic mass is 10.3. The van der Waals surface area contributed by atoms with Crippen LogP contribution in [0.5, 0.6) is 5.75 Å². The number of nitrogens with two attached hydrogens (primary N) is 1. The van der Waals surface area contributed by atoms with E-state index in [0.717, 1.165) is 0 Å². The van der Waals surface area contributed by atoms with Gasteiger partial charge in [0.25, 0.3) is 5.91 Å². The third kappa shape index (κ3) is 5.12. The zero-order chi connectivity index (χ0) is 12.8. The van der Waals surface area contributed by atoms with Crippen LogP contribution in [-0.4, -0.2) is 37.0 Å². The molecule has 0 aliphatic rings. The average Bonchev–Trinajstić information content (AvgIpc) is 2.35. The van der Waals surface area contributed by atoms with Crippen LogP contribution < -0.4 is 10.5 Å². The Balaban J connectivity index is 0.00000289. The highest BCUT2D eigenvalue weighted by Gasteiger charge is 2.14. The topological polar surface area (TPSA) is 55.6 Å². The maximum atomic E-state index is 11.7. The fraction of sp³-hybridized carbons (Fsp3) is 0.417. The van der Waals surface area contributed by atoms with Crippen LogP contribution in [0.2, 0.25) is 5.02 Å². The number of carbonyl (C=O) groups excluding carboxylic acids is 1. The van der Waals surface area contributed by atoms with Gasteiger partial charge in [-0.1, -0.05) is 11.6 Å². The van der Waals surface area contributed by atoms with Crippen LogP contribution in [0.4, 0.5) is 0 Å². The molecule has 0 heterocycles. The van der Waals surface area contributed by atoms with E-state index in [9.17, 15) is 4.79 Å². The van der Waals surface area contributed by atoms with Crippen LogP contribution in [0.3, 0.4) is 0 Å². The molecular formula is C12H18Cl2N2O2. The van der Waals surface area contributed by atoms with Crippen molar-refractivity contribution in [3.8, 4) is 5.75 Å². The maximum absolute atomic E-state index is 11.7. The molecule has 0 spiro atoms. The zero-order valence-corrected chi connectivity index (χ0v) is 12.0. The van der Waals surface area contributed by atoms with E-state index in [1.807, 2.05) is 6.92 Å². The van der Waals surface area contributed by atoms with Gasteiger partial charge in [0.05, 0.1) is 0 Å². The number of benzene rings is 1. The fourth-order valence-electron chi connectivity index (χ4n) is 1.18. The van der Waals surface area contributed by atoms with Gasteiger partial charge in [0, 0.05) is 24.7 Å². The van der Waals surface area contributed by atoms with Crippen molar-refractivity contribution in [2.24, 2.45) is 5.73 Å². The summed E-state index contributed by atoms with van der Waals surface area (Å²) in [6.07, 6.45) is 0. The van der Waals surface area contributed by atoms with E-state index in [0.29, 0.717) is 17.3 Å². The minimum absolute atomic E-state index is 0. The van der Waals surface area contributed by atoms with Gasteiger partial charge in [-0.25, -0.2) is 0 Å². The van der Waals surface area contributed by atoms with Crippen molar-refractivity contribution in [1.82, 2.24) is 4.90 Å². The van der Waals surface area contributed by atoms with E-state index >= 15 is 0 Å². The van der Waals surface area contributed by atoms with E-state index in [-0.39, 0.29) is 31.0 Å². The molecule has 0 aromatic heterocycles. The molecule has 6 heteroatoms. The SMILES string of the molecule is CC(CN)N(C)C(=O)COc1ccc(Cl)cc1.Cl. The number of nitrogens with zero attached hydrogens (tertiary/aromatic N) is 1. The van der Waals surface area contributed by atoms with Crippen LogP contribution in [0, 0.1) is 0 Å². The maximum Gasteiger partial charge on any atom is 0.260 e. The summed E-state index contributed by atoms with van der Waals surface area (Å²) in [5.41, 5.74) is 5.49. The Bertz CT molecular complexity index is 371. The Morgan fingerprint density at radius 1 is 1.44 bits per heavy atom. The Morgan fingerprint density at radius 2 is 2.00 bits per heavy atom. The van der Waals surface area contributed by atoms with Crippen LogP contribution in [0.15, 0.2) is 24.3 Å². The molecule has 2 N–H and O–H groups in total. The van der Waals surface area contributed by atoms with Gasteiger partial charge in [-0.3, -0.25) is 4.79 Å². The molecule has 0 aliphatic carbocycles. The molecule has 102 valence electrons. The summed E-state index contributed by atoms with van der Waals surface area (Å²) >= 11 is 5.74. The van der Waals surface area contributed by atoms with Crippen LogP contribution >= 0.6 is 24.0 Å². The molecule has 0 bridgehead atoms. The molecular weight excluding hydrogens is 275 g/mol. The molecule has 4 nitrogen and oxygen atoms in total. The molecule has 0 aliphatic heterocycles. The first-order chi connectivity index (χ1) is 8.04. The van der Waals surface area contributed by atoms with E-state index in [2.05, 4.69) is 0 Å². The molecule has 1 amide bonds. The standard InChI is InChI=1S/C12H17ClN2O2.ClH/c1-9(7-14)15(2)12(16)8-17-11-5-3-10(13)4-6-11;/h3-6,9H,7-8,14H2,1-2H3;1H. The Kier molecular flexibility index (Phi) is 7.75. The second-order valence-electron chi connectivity index (χ2n) is 3.83. The van der Waals surface area contributed by atoms with Crippen LogP contribution in [0.25, 0.3) is 0 Å². The number of halogens is 2. The van der Waals surface area contributed by atoms with E-state index in [4.69, 9.17) is 22.1 Å². The van der Waals surface area contributed by atoms with Gasteiger partial charge < -0.3 is 15.4 Å².